The molecule has 1 aromatic heterocycles. The van der Waals surface area contributed by atoms with Crippen molar-refractivity contribution >= 4 is 5.91 Å². The number of carbonyl (C=O) groups is 1. The molecule has 0 spiro atoms. The van der Waals surface area contributed by atoms with E-state index in [1.807, 2.05) is 36.4 Å². The second-order valence-corrected chi connectivity index (χ2v) is 7.51. The standard InChI is InChI=1S/C24H22F3N3O/c25-24(26,27)21-15-20(16-28-17-21)23(31)30-13-11-29(12-14-30)22(18-7-3-1-4-8-18)19-9-5-2-6-10-19/h1-10,15-17,22H,11-14H2. The fourth-order valence-corrected chi connectivity index (χ4v) is 3.96. The number of rotatable bonds is 4. The Hall–Kier alpha value is -3.19. The van der Waals surface area contributed by atoms with Gasteiger partial charge >= 0.3 is 6.18 Å². The van der Waals surface area contributed by atoms with Gasteiger partial charge < -0.3 is 4.90 Å². The van der Waals surface area contributed by atoms with E-state index in [0.717, 1.165) is 23.4 Å². The molecule has 0 saturated carbocycles. The number of aromatic nitrogens is 1. The first-order valence-electron chi connectivity index (χ1n) is 10.1. The quantitative estimate of drug-likeness (QED) is 0.611. The van der Waals surface area contributed by atoms with Gasteiger partial charge in [0.2, 0.25) is 0 Å². The molecule has 1 aliphatic rings. The van der Waals surface area contributed by atoms with Crippen LogP contribution in [0.25, 0.3) is 0 Å². The van der Waals surface area contributed by atoms with Crippen LogP contribution < -0.4 is 0 Å². The molecule has 0 aliphatic carbocycles. The molecule has 0 N–H and O–H groups in total. The van der Waals surface area contributed by atoms with Gasteiger partial charge in [-0.05, 0) is 17.2 Å². The number of amides is 1. The van der Waals surface area contributed by atoms with Crippen molar-refractivity contribution in [1.29, 1.82) is 0 Å². The molecule has 4 rings (SSSR count). The van der Waals surface area contributed by atoms with Crippen LogP contribution in [0, 0.1) is 0 Å². The van der Waals surface area contributed by atoms with Gasteiger partial charge in [0.15, 0.2) is 0 Å². The van der Waals surface area contributed by atoms with Crippen LogP contribution in [0.1, 0.15) is 33.1 Å². The van der Waals surface area contributed by atoms with Gasteiger partial charge in [-0.1, -0.05) is 60.7 Å². The Morgan fingerprint density at radius 1 is 0.839 bits per heavy atom. The van der Waals surface area contributed by atoms with Crippen LogP contribution in [0.15, 0.2) is 79.1 Å². The monoisotopic (exact) mass is 425 g/mol. The summed E-state index contributed by atoms with van der Waals surface area (Å²) in [5.41, 5.74) is 1.38. The SMILES string of the molecule is O=C(c1cncc(C(F)(F)F)c1)N1CCN(C(c2ccccc2)c2ccccc2)CC1. The molecule has 160 valence electrons. The summed E-state index contributed by atoms with van der Waals surface area (Å²) < 4.78 is 38.9. The number of benzene rings is 2. The Morgan fingerprint density at radius 2 is 1.39 bits per heavy atom. The zero-order valence-electron chi connectivity index (χ0n) is 16.8. The third kappa shape index (κ3) is 4.77. The van der Waals surface area contributed by atoms with Gasteiger partial charge in [-0.25, -0.2) is 0 Å². The Labute approximate surface area is 178 Å². The van der Waals surface area contributed by atoms with E-state index < -0.39 is 17.6 Å². The van der Waals surface area contributed by atoms with Crippen molar-refractivity contribution in [1.82, 2.24) is 14.8 Å². The highest BCUT2D eigenvalue weighted by Crippen LogP contribution is 2.31. The van der Waals surface area contributed by atoms with Gasteiger partial charge in [-0.2, -0.15) is 13.2 Å². The molecule has 1 amide bonds. The van der Waals surface area contributed by atoms with E-state index >= 15 is 0 Å². The second-order valence-electron chi connectivity index (χ2n) is 7.51. The minimum Gasteiger partial charge on any atom is -0.336 e. The molecule has 0 atom stereocenters. The maximum absolute atomic E-state index is 13.0. The van der Waals surface area contributed by atoms with E-state index in [1.165, 1.54) is 6.20 Å². The van der Waals surface area contributed by atoms with Crippen LogP contribution in [0.4, 0.5) is 13.2 Å². The maximum Gasteiger partial charge on any atom is 0.417 e. The van der Waals surface area contributed by atoms with Crippen molar-refractivity contribution in [3.8, 4) is 0 Å². The molecule has 2 heterocycles. The zero-order chi connectivity index (χ0) is 21.8. The Kier molecular flexibility index (Phi) is 6.04. The summed E-state index contributed by atoms with van der Waals surface area (Å²) in [6.45, 7) is 2.11. The highest BCUT2D eigenvalue weighted by Gasteiger charge is 2.33. The van der Waals surface area contributed by atoms with Crippen molar-refractivity contribution in [2.45, 2.75) is 12.2 Å². The third-order valence-corrected chi connectivity index (χ3v) is 5.51. The number of pyridine rings is 1. The normalized spacial score (nSPS) is 15.3. The molecule has 0 bridgehead atoms. The summed E-state index contributed by atoms with van der Waals surface area (Å²) >= 11 is 0. The average Bonchev–Trinajstić information content (AvgIpc) is 2.80. The molecule has 1 saturated heterocycles. The summed E-state index contributed by atoms with van der Waals surface area (Å²) in [4.78, 5) is 20.3. The first-order valence-corrected chi connectivity index (χ1v) is 10.1. The van der Waals surface area contributed by atoms with Crippen molar-refractivity contribution in [2.75, 3.05) is 26.2 Å². The van der Waals surface area contributed by atoms with Crippen LogP contribution >= 0.6 is 0 Å². The Morgan fingerprint density at radius 3 is 1.90 bits per heavy atom. The molecule has 0 unspecified atom stereocenters. The number of halogens is 3. The topological polar surface area (TPSA) is 36.4 Å². The number of hydrogen-bond acceptors (Lipinski definition) is 3. The van der Waals surface area contributed by atoms with E-state index in [-0.39, 0.29) is 11.6 Å². The molecule has 7 heteroatoms. The van der Waals surface area contributed by atoms with Gasteiger partial charge in [0.25, 0.3) is 5.91 Å². The molecular formula is C24H22F3N3O. The molecule has 4 nitrogen and oxygen atoms in total. The lowest BCUT2D eigenvalue weighted by molar-refractivity contribution is -0.137. The lowest BCUT2D eigenvalue weighted by atomic mass is 9.96. The molecule has 3 aromatic rings. The van der Waals surface area contributed by atoms with Crippen LogP contribution in [0.2, 0.25) is 0 Å². The number of hydrogen-bond donors (Lipinski definition) is 0. The summed E-state index contributed by atoms with van der Waals surface area (Å²) in [5.74, 6) is -0.422. The molecule has 0 radical (unpaired) electrons. The highest BCUT2D eigenvalue weighted by atomic mass is 19.4. The van der Waals surface area contributed by atoms with Gasteiger partial charge in [-0.15, -0.1) is 0 Å². The van der Waals surface area contributed by atoms with Crippen LogP contribution in [-0.2, 0) is 6.18 Å². The first-order chi connectivity index (χ1) is 14.9. The summed E-state index contributed by atoms with van der Waals surface area (Å²) in [6, 6.07) is 21.2. The van der Waals surface area contributed by atoms with Gasteiger partial charge in [0.1, 0.15) is 0 Å². The predicted octanol–water partition coefficient (Wildman–Crippen LogP) is 4.65. The molecule has 31 heavy (non-hydrogen) atoms. The summed E-state index contributed by atoms with van der Waals surface area (Å²) in [6.07, 6.45) is -2.60. The van der Waals surface area contributed by atoms with Gasteiger partial charge in [-0.3, -0.25) is 14.7 Å². The van der Waals surface area contributed by atoms with Crippen LogP contribution in [0.3, 0.4) is 0 Å². The second kappa shape index (κ2) is 8.89. The number of alkyl halides is 3. The van der Waals surface area contributed by atoms with E-state index in [2.05, 4.69) is 34.1 Å². The van der Waals surface area contributed by atoms with Gasteiger partial charge in [0, 0.05) is 38.6 Å². The summed E-state index contributed by atoms with van der Waals surface area (Å²) in [5, 5.41) is 0. The third-order valence-electron chi connectivity index (χ3n) is 5.51. The van der Waals surface area contributed by atoms with Crippen LogP contribution in [-0.4, -0.2) is 46.9 Å². The number of carbonyl (C=O) groups excluding carboxylic acids is 1. The average molecular weight is 425 g/mol. The lowest BCUT2D eigenvalue weighted by Gasteiger charge is -2.39. The number of piperazine rings is 1. The van der Waals surface area contributed by atoms with E-state index in [0.29, 0.717) is 26.2 Å². The van der Waals surface area contributed by atoms with Gasteiger partial charge in [0.05, 0.1) is 17.2 Å². The predicted molar refractivity (Wildman–Crippen MR) is 111 cm³/mol. The van der Waals surface area contributed by atoms with E-state index in [1.54, 1.807) is 4.90 Å². The molecule has 1 aliphatic heterocycles. The van der Waals surface area contributed by atoms with Crippen LogP contribution in [0.5, 0.6) is 0 Å². The largest absolute Gasteiger partial charge is 0.417 e. The smallest absolute Gasteiger partial charge is 0.336 e. The van der Waals surface area contributed by atoms with Crippen molar-refractivity contribution in [3.05, 3.63) is 101 Å². The number of nitrogens with zero attached hydrogens (tertiary/aromatic N) is 3. The van der Waals surface area contributed by atoms with E-state index in [9.17, 15) is 18.0 Å². The fourth-order valence-electron chi connectivity index (χ4n) is 3.96. The zero-order valence-corrected chi connectivity index (χ0v) is 16.8. The molecule has 2 aromatic carbocycles. The molecule has 1 fully saturated rings. The molecular weight excluding hydrogens is 403 g/mol. The van der Waals surface area contributed by atoms with Crippen molar-refractivity contribution in [2.24, 2.45) is 0 Å². The van der Waals surface area contributed by atoms with Crippen molar-refractivity contribution < 1.29 is 18.0 Å². The maximum atomic E-state index is 13.0. The summed E-state index contributed by atoms with van der Waals surface area (Å²) in [7, 11) is 0. The van der Waals surface area contributed by atoms with Crippen molar-refractivity contribution in [3.63, 3.8) is 0 Å². The Balaban J connectivity index is 1.50. The minimum absolute atomic E-state index is 0.0362. The minimum atomic E-state index is -4.53. The Bertz CT molecular complexity index is 977. The highest BCUT2D eigenvalue weighted by molar-refractivity contribution is 5.94. The first kappa shape index (κ1) is 21.1. The van der Waals surface area contributed by atoms with E-state index in [4.69, 9.17) is 0 Å². The fraction of sp³-hybridized carbons (Fsp3) is 0.250. The lowest BCUT2D eigenvalue weighted by Crippen LogP contribution is -2.49.